The zero-order valence-electron chi connectivity index (χ0n) is 11.6. The lowest BCUT2D eigenvalue weighted by Gasteiger charge is -2.21. The van der Waals surface area contributed by atoms with Crippen molar-refractivity contribution in [2.75, 3.05) is 0 Å². The number of halogens is 4. The maximum atomic E-state index is 13.1. The second kappa shape index (κ2) is 6.60. The van der Waals surface area contributed by atoms with Crippen molar-refractivity contribution < 1.29 is 22.7 Å². The summed E-state index contributed by atoms with van der Waals surface area (Å²) in [4.78, 5) is 0. The maximum Gasteiger partial charge on any atom is 0.416 e. The second-order valence-electron chi connectivity index (χ2n) is 5.36. The monoisotopic (exact) mass is 302 g/mol. The Kier molecular flexibility index (Phi) is 5.04. The summed E-state index contributed by atoms with van der Waals surface area (Å²) in [6.45, 7) is 0. The van der Waals surface area contributed by atoms with E-state index in [0.717, 1.165) is 44.2 Å². The van der Waals surface area contributed by atoms with Crippen molar-refractivity contribution in [3.05, 3.63) is 46.8 Å². The van der Waals surface area contributed by atoms with E-state index >= 15 is 0 Å². The van der Waals surface area contributed by atoms with Crippen LogP contribution in [0.1, 0.15) is 55.8 Å². The van der Waals surface area contributed by atoms with E-state index < -0.39 is 23.7 Å². The van der Waals surface area contributed by atoms with Crippen LogP contribution in [0.15, 0.2) is 29.8 Å². The summed E-state index contributed by atoms with van der Waals surface area (Å²) in [7, 11) is 0. The third-order valence-electron chi connectivity index (χ3n) is 3.79. The lowest BCUT2D eigenvalue weighted by Crippen LogP contribution is -2.14. The molecule has 1 unspecified atom stereocenters. The molecule has 0 heterocycles. The fraction of sp³-hybridized carbons (Fsp3) is 0.500. The van der Waals surface area contributed by atoms with Gasteiger partial charge in [0.1, 0.15) is 11.9 Å². The van der Waals surface area contributed by atoms with Gasteiger partial charge in [-0.1, -0.05) is 25.0 Å². The lowest BCUT2D eigenvalue weighted by molar-refractivity contribution is -0.139. The average molecular weight is 302 g/mol. The summed E-state index contributed by atoms with van der Waals surface area (Å²) in [6.07, 6.45) is 1.11. The zero-order chi connectivity index (χ0) is 15.5. The van der Waals surface area contributed by atoms with E-state index in [9.17, 15) is 22.7 Å². The molecule has 0 bridgehead atoms. The van der Waals surface area contributed by atoms with Gasteiger partial charge in [0.2, 0.25) is 0 Å². The molecule has 1 atom stereocenters. The largest absolute Gasteiger partial charge is 0.416 e. The predicted octanol–water partition coefficient (Wildman–Crippen LogP) is 5.16. The highest BCUT2D eigenvalue weighted by Crippen LogP contribution is 2.38. The van der Waals surface area contributed by atoms with Gasteiger partial charge in [0.15, 0.2) is 0 Å². The summed E-state index contributed by atoms with van der Waals surface area (Å²) in [5, 5.41) is 10.3. The van der Waals surface area contributed by atoms with Gasteiger partial charge in [0, 0.05) is 0 Å². The van der Waals surface area contributed by atoms with Crippen molar-refractivity contribution in [2.45, 2.75) is 50.8 Å². The van der Waals surface area contributed by atoms with Crippen molar-refractivity contribution in [1.29, 1.82) is 0 Å². The van der Waals surface area contributed by atoms with Crippen molar-refractivity contribution in [3.63, 3.8) is 0 Å². The molecule has 5 heteroatoms. The van der Waals surface area contributed by atoms with Gasteiger partial charge >= 0.3 is 6.18 Å². The zero-order valence-corrected chi connectivity index (χ0v) is 11.6. The van der Waals surface area contributed by atoms with Crippen LogP contribution in [0.25, 0.3) is 0 Å². The molecule has 21 heavy (non-hydrogen) atoms. The molecule has 1 aromatic carbocycles. The van der Waals surface area contributed by atoms with Gasteiger partial charge in [0.25, 0.3) is 0 Å². The number of aliphatic hydroxyl groups is 1. The number of hydrogen-bond donors (Lipinski definition) is 1. The predicted molar refractivity (Wildman–Crippen MR) is 72.1 cm³/mol. The third kappa shape index (κ3) is 4.06. The van der Waals surface area contributed by atoms with Gasteiger partial charge in [-0.2, -0.15) is 13.2 Å². The second-order valence-corrected chi connectivity index (χ2v) is 5.36. The number of rotatable bonds is 2. The van der Waals surface area contributed by atoms with Gasteiger partial charge in [-0.25, -0.2) is 4.39 Å². The Labute approximate surface area is 121 Å². The Morgan fingerprint density at radius 2 is 1.76 bits per heavy atom. The highest BCUT2D eigenvalue weighted by molar-refractivity contribution is 5.36. The lowest BCUT2D eigenvalue weighted by atomic mass is 9.90. The maximum absolute atomic E-state index is 13.1. The molecule has 1 aliphatic carbocycles. The SMILES string of the molecule is OC(/C1=C/CCCCCC1)c1ccc(F)cc1C(F)(F)F. The first-order valence-corrected chi connectivity index (χ1v) is 7.13. The minimum absolute atomic E-state index is 0.268. The van der Waals surface area contributed by atoms with Crippen LogP contribution < -0.4 is 0 Å². The van der Waals surface area contributed by atoms with Crippen LogP contribution in [0.4, 0.5) is 17.6 Å². The number of allylic oxidation sites excluding steroid dienone is 1. The molecule has 0 saturated heterocycles. The molecule has 0 spiro atoms. The first-order chi connectivity index (χ1) is 9.89. The Morgan fingerprint density at radius 3 is 2.48 bits per heavy atom. The van der Waals surface area contributed by atoms with E-state index in [1.54, 1.807) is 0 Å². The molecule has 0 fully saturated rings. The minimum atomic E-state index is -4.68. The normalized spacial score (nSPS) is 21.1. The van der Waals surface area contributed by atoms with Gasteiger partial charge in [-0.15, -0.1) is 0 Å². The molecule has 1 nitrogen and oxygen atoms in total. The van der Waals surface area contributed by atoms with E-state index in [2.05, 4.69) is 0 Å². The molecule has 0 radical (unpaired) electrons. The molecular weight excluding hydrogens is 284 g/mol. The van der Waals surface area contributed by atoms with Crippen molar-refractivity contribution >= 4 is 0 Å². The van der Waals surface area contributed by atoms with E-state index in [0.29, 0.717) is 18.1 Å². The molecule has 1 aliphatic rings. The molecule has 0 amide bonds. The summed E-state index contributed by atoms with van der Waals surface area (Å²) in [5.41, 5.74) is -0.763. The smallest absolute Gasteiger partial charge is 0.384 e. The quantitative estimate of drug-likeness (QED) is 0.591. The molecule has 1 aromatic rings. The van der Waals surface area contributed by atoms with E-state index in [-0.39, 0.29) is 5.56 Å². The van der Waals surface area contributed by atoms with Crippen LogP contribution in [0.3, 0.4) is 0 Å². The van der Waals surface area contributed by atoms with Crippen LogP contribution in [0, 0.1) is 5.82 Å². The Balaban J connectivity index is 2.36. The van der Waals surface area contributed by atoms with Crippen LogP contribution in [-0.2, 0) is 6.18 Å². The number of benzene rings is 1. The van der Waals surface area contributed by atoms with E-state index in [1.807, 2.05) is 6.08 Å². The molecular formula is C16H18F4O. The molecule has 2 rings (SSSR count). The van der Waals surface area contributed by atoms with Gasteiger partial charge < -0.3 is 5.11 Å². The number of alkyl halides is 3. The van der Waals surface area contributed by atoms with Crippen LogP contribution in [0.2, 0.25) is 0 Å². The van der Waals surface area contributed by atoms with Gasteiger partial charge in [-0.3, -0.25) is 0 Å². The number of hydrogen-bond acceptors (Lipinski definition) is 1. The molecule has 1 N–H and O–H groups in total. The Morgan fingerprint density at radius 1 is 1.05 bits per heavy atom. The molecule has 0 aromatic heterocycles. The fourth-order valence-corrected chi connectivity index (χ4v) is 2.68. The van der Waals surface area contributed by atoms with Gasteiger partial charge in [0.05, 0.1) is 5.56 Å². The number of aliphatic hydroxyl groups excluding tert-OH is 1. The average Bonchev–Trinajstić information content (AvgIpc) is 2.36. The summed E-state index contributed by atoms with van der Waals surface area (Å²) in [6, 6.07) is 2.43. The van der Waals surface area contributed by atoms with Crippen molar-refractivity contribution in [2.24, 2.45) is 0 Å². The van der Waals surface area contributed by atoms with E-state index in [1.165, 1.54) is 0 Å². The minimum Gasteiger partial charge on any atom is -0.384 e. The van der Waals surface area contributed by atoms with Crippen LogP contribution in [0.5, 0.6) is 0 Å². The van der Waals surface area contributed by atoms with Crippen molar-refractivity contribution in [3.8, 4) is 0 Å². The van der Waals surface area contributed by atoms with Gasteiger partial charge in [-0.05, 0) is 49.0 Å². The van der Waals surface area contributed by atoms with Crippen molar-refractivity contribution in [1.82, 2.24) is 0 Å². The first-order valence-electron chi connectivity index (χ1n) is 7.13. The van der Waals surface area contributed by atoms with E-state index in [4.69, 9.17) is 0 Å². The topological polar surface area (TPSA) is 20.2 Å². The summed E-state index contributed by atoms with van der Waals surface area (Å²) >= 11 is 0. The molecule has 0 aliphatic heterocycles. The summed E-state index contributed by atoms with van der Waals surface area (Å²) in [5.74, 6) is -0.954. The third-order valence-corrected chi connectivity index (χ3v) is 3.79. The Bertz CT molecular complexity index is 519. The molecule has 116 valence electrons. The molecule has 0 saturated carbocycles. The highest BCUT2D eigenvalue weighted by atomic mass is 19.4. The standard InChI is InChI=1S/C16H18F4O/c17-12-8-9-13(14(10-12)16(18,19)20)15(21)11-6-4-2-1-3-5-7-11/h6,8-10,15,21H,1-5,7H2/b11-6+. The van der Waals surface area contributed by atoms with Crippen LogP contribution >= 0.6 is 0 Å². The van der Waals surface area contributed by atoms with Crippen LogP contribution in [-0.4, -0.2) is 5.11 Å². The highest BCUT2D eigenvalue weighted by Gasteiger charge is 2.36. The fourth-order valence-electron chi connectivity index (χ4n) is 2.68. The Hall–Kier alpha value is -1.36. The first kappa shape index (κ1) is 16.0. The summed E-state index contributed by atoms with van der Waals surface area (Å²) < 4.78 is 52.1.